The van der Waals surface area contributed by atoms with Crippen LogP contribution in [0.2, 0.25) is 0 Å². The fourth-order valence-corrected chi connectivity index (χ4v) is 2.07. The van der Waals surface area contributed by atoms with Crippen molar-refractivity contribution in [2.45, 2.75) is 31.8 Å². The van der Waals surface area contributed by atoms with Gasteiger partial charge in [-0.2, -0.15) is 0 Å². The van der Waals surface area contributed by atoms with E-state index in [-0.39, 0.29) is 11.9 Å². The Morgan fingerprint density at radius 3 is 2.71 bits per heavy atom. The first-order valence-electron chi connectivity index (χ1n) is 6.08. The summed E-state index contributed by atoms with van der Waals surface area (Å²) >= 11 is 0. The van der Waals surface area contributed by atoms with Crippen LogP contribution in [0.25, 0.3) is 0 Å². The van der Waals surface area contributed by atoms with Crippen molar-refractivity contribution in [1.29, 1.82) is 0 Å². The van der Waals surface area contributed by atoms with Crippen molar-refractivity contribution >= 4 is 5.78 Å². The first kappa shape index (κ1) is 12.1. The summed E-state index contributed by atoms with van der Waals surface area (Å²) in [5.74, 6) is 0.926. The molecule has 0 aromatic heterocycles. The Bertz CT molecular complexity index is 364. The van der Waals surface area contributed by atoms with Gasteiger partial charge in [0.05, 0.1) is 13.2 Å². The van der Waals surface area contributed by atoms with Gasteiger partial charge in [-0.15, -0.1) is 0 Å². The molecule has 92 valence electrons. The van der Waals surface area contributed by atoms with E-state index in [9.17, 15) is 4.79 Å². The van der Waals surface area contributed by atoms with Crippen molar-refractivity contribution in [3.05, 3.63) is 29.8 Å². The molecule has 1 aromatic rings. The fourth-order valence-electron chi connectivity index (χ4n) is 2.07. The van der Waals surface area contributed by atoms with Crippen LogP contribution in [0, 0.1) is 0 Å². The van der Waals surface area contributed by atoms with E-state index >= 15 is 0 Å². The number of hydrogen-bond acceptors (Lipinski definition) is 3. The average Bonchev–Trinajstić information content (AvgIpc) is 2.40. The predicted octanol–water partition coefficient (Wildman–Crippen LogP) is 2.84. The Labute approximate surface area is 102 Å². The minimum Gasteiger partial charge on any atom is -0.497 e. The standard InChI is InChI=1S/C14H18O3/c1-16-12-7-5-11(6-8-12)14(15)10-13-4-2-3-9-17-13/h5-8,13H,2-4,9-10H2,1H3/t13-/m1/s1. The van der Waals surface area contributed by atoms with Gasteiger partial charge in [-0.3, -0.25) is 4.79 Å². The molecule has 0 aliphatic carbocycles. The van der Waals surface area contributed by atoms with Gasteiger partial charge in [0, 0.05) is 18.6 Å². The first-order valence-corrected chi connectivity index (χ1v) is 6.08. The molecule has 1 aromatic carbocycles. The summed E-state index contributed by atoms with van der Waals surface area (Å²) in [7, 11) is 1.62. The van der Waals surface area contributed by atoms with Gasteiger partial charge in [-0.1, -0.05) is 0 Å². The third-order valence-corrected chi connectivity index (χ3v) is 3.10. The average molecular weight is 234 g/mol. The maximum absolute atomic E-state index is 12.0. The molecule has 0 radical (unpaired) electrons. The molecule has 1 aliphatic rings. The van der Waals surface area contributed by atoms with Crippen LogP contribution >= 0.6 is 0 Å². The van der Waals surface area contributed by atoms with Crippen LogP contribution < -0.4 is 4.74 Å². The van der Waals surface area contributed by atoms with Gasteiger partial charge in [-0.05, 0) is 43.5 Å². The van der Waals surface area contributed by atoms with Crippen LogP contribution in [-0.4, -0.2) is 25.6 Å². The second-order valence-electron chi connectivity index (χ2n) is 4.34. The monoisotopic (exact) mass is 234 g/mol. The zero-order valence-electron chi connectivity index (χ0n) is 10.1. The largest absolute Gasteiger partial charge is 0.497 e. The van der Waals surface area contributed by atoms with Gasteiger partial charge in [0.25, 0.3) is 0 Å². The molecule has 17 heavy (non-hydrogen) atoms. The number of rotatable bonds is 4. The number of carbonyl (C=O) groups excluding carboxylic acids is 1. The molecule has 0 unspecified atom stereocenters. The topological polar surface area (TPSA) is 35.5 Å². The second-order valence-corrected chi connectivity index (χ2v) is 4.34. The third-order valence-electron chi connectivity index (χ3n) is 3.10. The molecule has 1 saturated heterocycles. The molecular weight excluding hydrogens is 216 g/mol. The van der Waals surface area contributed by atoms with Crippen molar-refractivity contribution in [3.8, 4) is 5.75 Å². The smallest absolute Gasteiger partial charge is 0.165 e. The molecule has 0 bridgehead atoms. The summed E-state index contributed by atoms with van der Waals surface area (Å²) in [6.45, 7) is 0.792. The van der Waals surface area contributed by atoms with Crippen molar-refractivity contribution in [2.24, 2.45) is 0 Å². The predicted molar refractivity (Wildman–Crippen MR) is 65.5 cm³/mol. The molecule has 0 spiro atoms. The number of methoxy groups -OCH3 is 1. The minimum atomic E-state index is 0.110. The van der Waals surface area contributed by atoms with E-state index in [1.165, 1.54) is 6.42 Å². The van der Waals surface area contributed by atoms with Crippen molar-refractivity contribution < 1.29 is 14.3 Å². The molecule has 0 amide bonds. The number of ketones is 1. The molecule has 1 fully saturated rings. The lowest BCUT2D eigenvalue weighted by Gasteiger charge is -2.21. The molecule has 1 atom stereocenters. The highest BCUT2D eigenvalue weighted by atomic mass is 16.5. The van der Waals surface area contributed by atoms with Gasteiger partial charge in [-0.25, -0.2) is 0 Å². The van der Waals surface area contributed by atoms with Gasteiger partial charge in [0.2, 0.25) is 0 Å². The molecule has 1 aliphatic heterocycles. The molecule has 0 saturated carbocycles. The summed E-state index contributed by atoms with van der Waals surface area (Å²) in [6, 6.07) is 7.25. The maximum atomic E-state index is 12.0. The van der Waals surface area contributed by atoms with Crippen LogP contribution in [0.5, 0.6) is 5.75 Å². The summed E-state index contributed by atoms with van der Waals surface area (Å²) in [5.41, 5.74) is 0.736. The van der Waals surface area contributed by atoms with Crippen molar-refractivity contribution in [3.63, 3.8) is 0 Å². The van der Waals surface area contributed by atoms with Crippen LogP contribution in [0.4, 0.5) is 0 Å². The van der Waals surface area contributed by atoms with Crippen LogP contribution in [-0.2, 0) is 4.74 Å². The van der Waals surface area contributed by atoms with E-state index < -0.39 is 0 Å². The highest BCUT2D eigenvalue weighted by molar-refractivity contribution is 5.96. The molecule has 0 N–H and O–H groups in total. The molecule has 2 rings (SSSR count). The summed E-state index contributed by atoms with van der Waals surface area (Å²) in [6.07, 6.45) is 3.89. The fraction of sp³-hybridized carbons (Fsp3) is 0.500. The number of Topliss-reactive ketones (excluding diaryl/α,β-unsaturated/α-hetero) is 1. The summed E-state index contributed by atoms with van der Waals surface area (Å²) in [4.78, 5) is 12.0. The Kier molecular flexibility index (Phi) is 4.15. The zero-order chi connectivity index (χ0) is 12.1. The number of benzene rings is 1. The van der Waals surface area contributed by atoms with Crippen molar-refractivity contribution in [1.82, 2.24) is 0 Å². The molecular formula is C14H18O3. The Hall–Kier alpha value is -1.35. The lowest BCUT2D eigenvalue weighted by atomic mass is 10.00. The molecule has 3 heteroatoms. The second kappa shape index (κ2) is 5.82. The van der Waals surface area contributed by atoms with E-state index in [4.69, 9.17) is 9.47 Å². The first-order chi connectivity index (χ1) is 8.29. The maximum Gasteiger partial charge on any atom is 0.165 e. The highest BCUT2D eigenvalue weighted by Crippen LogP contribution is 2.19. The van der Waals surface area contributed by atoms with E-state index in [0.717, 1.165) is 30.8 Å². The Balaban J connectivity index is 1.93. The normalized spacial score (nSPS) is 19.9. The minimum absolute atomic E-state index is 0.110. The van der Waals surface area contributed by atoms with Gasteiger partial charge >= 0.3 is 0 Å². The lowest BCUT2D eigenvalue weighted by Crippen LogP contribution is -2.22. The van der Waals surface area contributed by atoms with Gasteiger partial charge in [0.15, 0.2) is 5.78 Å². The van der Waals surface area contributed by atoms with Crippen molar-refractivity contribution in [2.75, 3.05) is 13.7 Å². The zero-order valence-corrected chi connectivity index (χ0v) is 10.1. The third kappa shape index (κ3) is 3.30. The summed E-state index contributed by atoms with van der Waals surface area (Å²) in [5, 5.41) is 0. The van der Waals surface area contributed by atoms with Crippen LogP contribution in [0.3, 0.4) is 0 Å². The highest BCUT2D eigenvalue weighted by Gasteiger charge is 2.18. The van der Waals surface area contributed by atoms with E-state index in [1.807, 2.05) is 24.3 Å². The van der Waals surface area contributed by atoms with E-state index in [0.29, 0.717) is 6.42 Å². The van der Waals surface area contributed by atoms with Crippen LogP contribution in [0.1, 0.15) is 36.0 Å². The Morgan fingerprint density at radius 1 is 1.35 bits per heavy atom. The van der Waals surface area contributed by atoms with Gasteiger partial charge < -0.3 is 9.47 Å². The number of carbonyl (C=O) groups is 1. The quantitative estimate of drug-likeness (QED) is 0.751. The molecule has 3 nitrogen and oxygen atoms in total. The SMILES string of the molecule is COc1ccc(C(=O)C[C@H]2CCCCO2)cc1. The lowest BCUT2D eigenvalue weighted by molar-refractivity contribution is 0.0129. The van der Waals surface area contributed by atoms with E-state index in [2.05, 4.69) is 0 Å². The summed E-state index contributed by atoms with van der Waals surface area (Å²) < 4.78 is 10.6. The number of hydrogen-bond donors (Lipinski definition) is 0. The van der Waals surface area contributed by atoms with Gasteiger partial charge in [0.1, 0.15) is 5.75 Å². The van der Waals surface area contributed by atoms with Crippen LogP contribution in [0.15, 0.2) is 24.3 Å². The molecule has 1 heterocycles. The Morgan fingerprint density at radius 2 is 2.12 bits per heavy atom. The van der Waals surface area contributed by atoms with E-state index in [1.54, 1.807) is 7.11 Å². The number of ether oxygens (including phenoxy) is 2.